The predicted molar refractivity (Wildman–Crippen MR) is 69.9 cm³/mol. The van der Waals surface area contributed by atoms with E-state index in [2.05, 4.69) is 24.1 Å². The molecule has 1 N–H and O–H groups in total. The summed E-state index contributed by atoms with van der Waals surface area (Å²) in [7, 11) is -2.73. The molecule has 0 aliphatic carbocycles. The summed E-state index contributed by atoms with van der Waals surface area (Å²) in [6, 6.07) is 0.470. The average molecular weight is 260 g/mol. The van der Waals surface area contributed by atoms with Gasteiger partial charge in [0.2, 0.25) is 0 Å². The molecule has 0 spiro atoms. The summed E-state index contributed by atoms with van der Waals surface area (Å²) in [6.45, 7) is 7.64. The Morgan fingerprint density at radius 3 is 2.53 bits per heavy atom. The van der Waals surface area contributed by atoms with E-state index in [0.29, 0.717) is 17.5 Å². The van der Waals surface area contributed by atoms with E-state index < -0.39 is 9.84 Å². The van der Waals surface area contributed by atoms with Gasteiger partial charge in [-0.25, -0.2) is 8.42 Å². The lowest BCUT2D eigenvalue weighted by atomic mass is 10.0. The van der Waals surface area contributed by atoms with Crippen molar-refractivity contribution in [1.82, 2.24) is 10.2 Å². The molecule has 0 amide bonds. The molecule has 100 valence electrons. The Morgan fingerprint density at radius 1 is 1.24 bits per heavy atom. The van der Waals surface area contributed by atoms with Crippen LogP contribution in [0.1, 0.15) is 33.1 Å². The fourth-order valence-corrected chi connectivity index (χ4v) is 4.37. The van der Waals surface area contributed by atoms with Crippen LogP contribution in [0.3, 0.4) is 0 Å². The first-order chi connectivity index (χ1) is 7.88. The molecule has 4 nitrogen and oxygen atoms in total. The highest BCUT2D eigenvalue weighted by atomic mass is 32.2. The van der Waals surface area contributed by atoms with Crippen LogP contribution in [0, 0.1) is 0 Å². The normalized spacial score (nSPS) is 30.9. The smallest absolute Gasteiger partial charge is 0.150 e. The van der Waals surface area contributed by atoms with Crippen molar-refractivity contribution in [2.24, 2.45) is 0 Å². The molecule has 5 heteroatoms. The quantitative estimate of drug-likeness (QED) is 0.751. The summed E-state index contributed by atoms with van der Waals surface area (Å²) in [5.74, 6) is 0.754. The molecule has 0 aromatic carbocycles. The molecular formula is C12H24N2O2S. The molecule has 0 aromatic rings. The topological polar surface area (TPSA) is 49.4 Å². The fraction of sp³-hybridized carbons (Fsp3) is 1.00. The molecule has 2 aliphatic rings. The van der Waals surface area contributed by atoms with Crippen molar-refractivity contribution in [3.8, 4) is 0 Å². The number of rotatable bonds is 1. The third-order valence-electron chi connectivity index (χ3n) is 3.86. The van der Waals surface area contributed by atoms with Gasteiger partial charge in [0, 0.05) is 18.1 Å². The lowest BCUT2D eigenvalue weighted by Gasteiger charge is -2.37. The molecule has 0 atom stereocenters. The third kappa shape index (κ3) is 3.66. The van der Waals surface area contributed by atoms with Crippen molar-refractivity contribution in [1.29, 1.82) is 0 Å². The van der Waals surface area contributed by atoms with Crippen LogP contribution >= 0.6 is 0 Å². The Labute approximate surface area is 105 Å². The van der Waals surface area contributed by atoms with E-state index in [1.165, 1.54) is 0 Å². The molecule has 2 saturated heterocycles. The SMILES string of the molecule is CC1(C)CN(C2CCS(=O)(=O)CC2)CCCN1. The van der Waals surface area contributed by atoms with Crippen molar-refractivity contribution in [3.63, 3.8) is 0 Å². The number of hydrogen-bond acceptors (Lipinski definition) is 4. The van der Waals surface area contributed by atoms with Gasteiger partial charge in [-0.15, -0.1) is 0 Å². The van der Waals surface area contributed by atoms with Gasteiger partial charge < -0.3 is 5.32 Å². The minimum Gasteiger partial charge on any atom is -0.310 e. The van der Waals surface area contributed by atoms with Gasteiger partial charge in [-0.05, 0) is 46.2 Å². The van der Waals surface area contributed by atoms with Gasteiger partial charge in [-0.1, -0.05) is 0 Å². The minimum atomic E-state index is -2.73. The zero-order valence-corrected chi connectivity index (χ0v) is 11.7. The van der Waals surface area contributed by atoms with Crippen LogP contribution < -0.4 is 5.32 Å². The van der Waals surface area contributed by atoms with Gasteiger partial charge in [0.05, 0.1) is 11.5 Å². The highest BCUT2D eigenvalue weighted by Crippen LogP contribution is 2.21. The van der Waals surface area contributed by atoms with Gasteiger partial charge in [-0.3, -0.25) is 4.90 Å². The molecule has 2 rings (SSSR count). The van der Waals surface area contributed by atoms with Crippen LogP contribution in [0.15, 0.2) is 0 Å². The van der Waals surface area contributed by atoms with E-state index in [9.17, 15) is 8.42 Å². The van der Waals surface area contributed by atoms with E-state index in [-0.39, 0.29) is 5.54 Å². The number of sulfone groups is 1. The second kappa shape index (κ2) is 4.86. The molecule has 0 bridgehead atoms. The Morgan fingerprint density at radius 2 is 1.88 bits per heavy atom. The molecule has 2 fully saturated rings. The minimum absolute atomic E-state index is 0.146. The van der Waals surface area contributed by atoms with E-state index in [1.54, 1.807) is 0 Å². The second-order valence-corrected chi connectivity index (χ2v) is 8.32. The Kier molecular flexibility index (Phi) is 3.80. The van der Waals surface area contributed by atoms with Crippen molar-refractivity contribution in [2.45, 2.75) is 44.7 Å². The molecule has 0 aromatic heterocycles. The van der Waals surface area contributed by atoms with E-state index >= 15 is 0 Å². The summed E-state index contributed by atoms with van der Waals surface area (Å²) >= 11 is 0. The summed E-state index contributed by atoms with van der Waals surface area (Å²) in [5, 5.41) is 3.55. The fourth-order valence-electron chi connectivity index (χ4n) is 2.91. The molecule has 2 heterocycles. The molecule has 0 saturated carbocycles. The first-order valence-electron chi connectivity index (χ1n) is 6.57. The second-order valence-electron chi connectivity index (χ2n) is 6.02. The number of nitrogens with zero attached hydrogens (tertiary/aromatic N) is 1. The first-order valence-corrected chi connectivity index (χ1v) is 8.40. The number of nitrogens with one attached hydrogen (secondary N) is 1. The van der Waals surface area contributed by atoms with Crippen LogP contribution in [0.2, 0.25) is 0 Å². The maximum Gasteiger partial charge on any atom is 0.150 e. The highest BCUT2D eigenvalue weighted by molar-refractivity contribution is 7.91. The van der Waals surface area contributed by atoms with Crippen molar-refractivity contribution >= 4 is 9.84 Å². The van der Waals surface area contributed by atoms with Gasteiger partial charge in [-0.2, -0.15) is 0 Å². The zero-order valence-electron chi connectivity index (χ0n) is 10.9. The third-order valence-corrected chi connectivity index (χ3v) is 5.58. The summed E-state index contributed by atoms with van der Waals surface area (Å²) < 4.78 is 22.9. The van der Waals surface area contributed by atoms with Gasteiger partial charge in [0.1, 0.15) is 9.84 Å². The largest absolute Gasteiger partial charge is 0.310 e. The van der Waals surface area contributed by atoms with Crippen LogP contribution in [0.25, 0.3) is 0 Å². The van der Waals surface area contributed by atoms with E-state index in [1.807, 2.05) is 0 Å². The highest BCUT2D eigenvalue weighted by Gasteiger charge is 2.32. The van der Waals surface area contributed by atoms with Crippen LogP contribution in [0.4, 0.5) is 0 Å². The van der Waals surface area contributed by atoms with Crippen LogP contribution in [-0.2, 0) is 9.84 Å². The Balaban J connectivity index is 1.97. The van der Waals surface area contributed by atoms with Crippen molar-refractivity contribution < 1.29 is 8.42 Å². The van der Waals surface area contributed by atoms with Gasteiger partial charge >= 0.3 is 0 Å². The van der Waals surface area contributed by atoms with Crippen LogP contribution in [0.5, 0.6) is 0 Å². The predicted octanol–water partition coefficient (Wildman–Crippen LogP) is 0.638. The Hall–Kier alpha value is -0.130. The number of hydrogen-bond donors (Lipinski definition) is 1. The lowest BCUT2D eigenvalue weighted by molar-refractivity contribution is 0.159. The molecule has 2 aliphatic heterocycles. The molecular weight excluding hydrogens is 236 g/mol. The standard InChI is InChI=1S/C12H24N2O2S/c1-12(2)10-14(7-3-6-13-12)11-4-8-17(15,16)9-5-11/h11,13H,3-10H2,1-2H3. The molecule has 0 radical (unpaired) electrons. The summed E-state index contributed by atoms with van der Waals surface area (Å²) in [4.78, 5) is 2.49. The average Bonchev–Trinajstić information content (AvgIpc) is 2.39. The van der Waals surface area contributed by atoms with E-state index in [4.69, 9.17) is 0 Å². The maximum absolute atomic E-state index is 11.4. The van der Waals surface area contributed by atoms with Crippen molar-refractivity contribution in [3.05, 3.63) is 0 Å². The van der Waals surface area contributed by atoms with Gasteiger partial charge in [0.25, 0.3) is 0 Å². The lowest BCUT2D eigenvalue weighted by Crippen LogP contribution is -2.50. The van der Waals surface area contributed by atoms with E-state index in [0.717, 1.165) is 38.9 Å². The van der Waals surface area contributed by atoms with Crippen molar-refractivity contribution in [2.75, 3.05) is 31.1 Å². The molecule has 17 heavy (non-hydrogen) atoms. The summed E-state index contributed by atoms with van der Waals surface area (Å²) in [6.07, 6.45) is 2.80. The van der Waals surface area contributed by atoms with Crippen LogP contribution in [-0.4, -0.2) is 56.0 Å². The first kappa shape index (κ1) is 13.3. The zero-order chi connectivity index (χ0) is 12.5. The monoisotopic (exact) mass is 260 g/mol. The Bertz CT molecular complexity index is 351. The summed E-state index contributed by atoms with van der Waals surface area (Å²) in [5.41, 5.74) is 0.146. The maximum atomic E-state index is 11.4. The molecule has 0 unspecified atom stereocenters. The van der Waals surface area contributed by atoms with Gasteiger partial charge in [0.15, 0.2) is 0 Å².